The number of hydrogen-bond donors (Lipinski definition) is 1. The number of alkyl halides is 3. The average Bonchev–Trinajstić information content (AvgIpc) is 2.35. The maximum Gasteiger partial charge on any atom is 0.433 e. The summed E-state index contributed by atoms with van der Waals surface area (Å²) in [4.78, 5) is 14.9. The van der Waals surface area contributed by atoms with Crippen molar-refractivity contribution in [3.05, 3.63) is 35.7 Å². The van der Waals surface area contributed by atoms with Crippen LogP contribution in [0.25, 0.3) is 6.08 Å². The molecule has 1 amide bonds. The maximum atomic E-state index is 12.5. The summed E-state index contributed by atoms with van der Waals surface area (Å²) in [5.41, 5.74) is -1.28. The van der Waals surface area contributed by atoms with Crippen molar-refractivity contribution in [2.24, 2.45) is 0 Å². The van der Waals surface area contributed by atoms with Crippen molar-refractivity contribution in [2.45, 2.75) is 39.0 Å². The average molecular weight is 316 g/mol. The molecular formula is C15H19F3N2O2. The van der Waals surface area contributed by atoms with E-state index in [-0.39, 0.29) is 5.69 Å². The van der Waals surface area contributed by atoms with Crippen molar-refractivity contribution in [1.82, 2.24) is 10.3 Å². The van der Waals surface area contributed by atoms with Crippen molar-refractivity contribution in [3.63, 3.8) is 0 Å². The number of carbonyl (C=O) groups excluding carboxylic acids is 1. The first-order valence-electron chi connectivity index (χ1n) is 6.75. The third-order valence-electron chi connectivity index (χ3n) is 2.33. The number of amides is 1. The highest BCUT2D eigenvalue weighted by molar-refractivity contribution is 5.67. The zero-order chi connectivity index (χ0) is 16.8. The van der Waals surface area contributed by atoms with Gasteiger partial charge in [-0.15, -0.1) is 0 Å². The van der Waals surface area contributed by atoms with E-state index >= 15 is 0 Å². The van der Waals surface area contributed by atoms with Gasteiger partial charge in [-0.1, -0.05) is 12.1 Å². The van der Waals surface area contributed by atoms with Crippen LogP contribution in [0.4, 0.5) is 18.0 Å². The lowest BCUT2D eigenvalue weighted by molar-refractivity contribution is -0.141. The molecular weight excluding hydrogens is 297 g/mol. The van der Waals surface area contributed by atoms with E-state index in [1.54, 1.807) is 26.8 Å². The highest BCUT2D eigenvalue weighted by Gasteiger charge is 2.32. The number of hydrogen-bond acceptors (Lipinski definition) is 3. The fourth-order valence-corrected chi connectivity index (χ4v) is 1.48. The number of carbonyl (C=O) groups is 1. The molecule has 22 heavy (non-hydrogen) atoms. The molecule has 0 saturated heterocycles. The van der Waals surface area contributed by atoms with Crippen LogP contribution in [0, 0.1) is 0 Å². The smallest absolute Gasteiger partial charge is 0.433 e. The second kappa shape index (κ2) is 7.29. The van der Waals surface area contributed by atoms with Gasteiger partial charge in [-0.2, -0.15) is 13.2 Å². The Labute approximate surface area is 127 Å². The quantitative estimate of drug-likeness (QED) is 0.853. The summed E-state index contributed by atoms with van der Waals surface area (Å²) in [6.45, 7) is 5.59. The number of pyridine rings is 1. The first-order valence-corrected chi connectivity index (χ1v) is 6.75. The fourth-order valence-electron chi connectivity index (χ4n) is 1.48. The van der Waals surface area contributed by atoms with Gasteiger partial charge < -0.3 is 10.1 Å². The van der Waals surface area contributed by atoms with Gasteiger partial charge in [0.05, 0.1) is 5.69 Å². The Kier molecular flexibility index (Phi) is 5.96. The molecule has 7 heteroatoms. The predicted molar refractivity (Wildman–Crippen MR) is 77.1 cm³/mol. The molecule has 0 radical (unpaired) electrons. The molecule has 0 aliphatic carbocycles. The van der Waals surface area contributed by atoms with Gasteiger partial charge in [0, 0.05) is 6.54 Å². The Bertz CT molecular complexity index is 534. The number of aromatic nitrogens is 1. The largest absolute Gasteiger partial charge is 0.444 e. The summed E-state index contributed by atoms with van der Waals surface area (Å²) in [5, 5.41) is 2.55. The maximum absolute atomic E-state index is 12.5. The minimum atomic E-state index is -4.46. The lowest BCUT2D eigenvalue weighted by atomic mass is 10.2. The predicted octanol–water partition coefficient (Wildman–Crippen LogP) is 4.03. The summed E-state index contributed by atoms with van der Waals surface area (Å²) in [5.74, 6) is 0. The molecule has 1 heterocycles. The molecule has 0 saturated carbocycles. The molecule has 0 aromatic carbocycles. The molecule has 0 aliphatic rings. The van der Waals surface area contributed by atoms with Gasteiger partial charge in [0.2, 0.25) is 0 Å². The van der Waals surface area contributed by atoms with Crippen molar-refractivity contribution in [3.8, 4) is 0 Å². The number of halogens is 3. The number of rotatable bonds is 4. The van der Waals surface area contributed by atoms with Crippen LogP contribution in [0.15, 0.2) is 24.3 Å². The minimum Gasteiger partial charge on any atom is -0.444 e. The van der Waals surface area contributed by atoms with Gasteiger partial charge in [-0.25, -0.2) is 9.78 Å². The summed E-state index contributed by atoms with van der Waals surface area (Å²) in [6.07, 6.45) is -1.41. The number of alkyl carbamates (subject to hydrolysis) is 1. The van der Waals surface area contributed by atoms with Crippen LogP contribution in [0.5, 0.6) is 0 Å². The van der Waals surface area contributed by atoms with Crippen LogP contribution >= 0.6 is 0 Å². The van der Waals surface area contributed by atoms with Crippen LogP contribution in [0.3, 0.4) is 0 Å². The molecule has 1 aromatic rings. The Balaban J connectivity index is 2.42. The molecule has 4 nitrogen and oxygen atoms in total. The van der Waals surface area contributed by atoms with Crippen molar-refractivity contribution >= 4 is 12.2 Å². The molecule has 1 aromatic heterocycles. The van der Waals surface area contributed by atoms with Gasteiger partial charge in [0.15, 0.2) is 0 Å². The lowest BCUT2D eigenvalue weighted by Crippen LogP contribution is -2.32. The van der Waals surface area contributed by atoms with E-state index < -0.39 is 23.6 Å². The first-order chi connectivity index (χ1) is 10.1. The second-order valence-electron chi connectivity index (χ2n) is 5.57. The van der Waals surface area contributed by atoms with Gasteiger partial charge in [0.1, 0.15) is 11.3 Å². The van der Waals surface area contributed by atoms with E-state index in [1.165, 1.54) is 18.2 Å². The monoisotopic (exact) mass is 316 g/mol. The van der Waals surface area contributed by atoms with Crippen molar-refractivity contribution in [2.75, 3.05) is 6.54 Å². The molecule has 0 spiro atoms. The summed E-state index contributed by atoms with van der Waals surface area (Å²) >= 11 is 0. The van der Waals surface area contributed by atoms with E-state index in [2.05, 4.69) is 10.3 Å². The molecule has 0 atom stereocenters. The fraction of sp³-hybridized carbons (Fsp3) is 0.467. The van der Waals surface area contributed by atoms with E-state index in [9.17, 15) is 18.0 Å². The Morgan fingerprint density at radius 2 is 2.00 bits per heavy atom. The summed E-state index contributed by atoms with van der Waals surface area (Å²) in [6, 6.07) is 3.70. The Morgan fingerprint density at radius 1 is 1.32 bits per heavy atom. The number of nitrogens with one attached hydrogen (secondary N) is 1. The molecule has 0 bridgehead atoms. The molecule has 1 rings (SSSR count). The summed E-state index contributed by atoms with van der Waals surface area (Å²) < 4.78 is 42.5. The lowest BCUT2D eigenvalue weighted by Gasteiger charge is -2.19. The van der Waals surface area contributed by atoms with Crippen LogP contribution < -0.4 is 5.32 Å². The highest BCUT2D eigenvalue weighted by atomic mass is 19.4. The van der Waals surface area contributed by atoms with Crippen LogP contribution in [-0.2, 0) is 10.9 Å². The summed E-state index contributed by atoms with van der Waals surface area (Å²) in [7, 11) is 0. The standard InChI is InChI=1S/C15H19F3N2O2/c1-14(2,3)22-13(21)19-10-5-4-7-11-8-6-9-12(20-11)15(16,17)18/h4,6-9H,5,10H2,1-3H3,(H,19,21). The highest BCUT2D eigenvalue weighted by Crippen LogP contribution is 2.27. The molecule has 122 valence electrons. The van der Waals surface area contributed by atoms with Crippen molar-refractivity contribution < 1.29 is 22.7 Å². The van der Waals surface area contributed by atoms with Gasteiger partial charge >= 0.3 is 12.3 Å². The minimum absolute atomic E-state index is 0.215. The van der Waals surface area contributed by atoms with E-state index in [4.69, 9.17) is 4.74 Å². The van der Waals surface area contributed by atoms with Gasteiger partial charge in [-0.05, 0) is 45.4 Å². The van der Waals surface area contributed by atoms with Gasteiger partial charge in [-0.3, -0.25) is 0 Å². The zero-order valence-electron chi connectivity index (χ0n) is 12.7. The molecule has 0 fully saturated rings. The second-order valence-corrected chi connectivity index (χ2v) is 5.57. The molecule has 0 aliphatic heterocycles. The zero-order valence-corrected chi connectivity index (χ0v) is 12.7. The first kappa shape index (κ1) is 18.0. The number of ether oxygens (including phenoxy) is 1. The Hall–Kier alpha value is -2.05. The topological polar surface area (TPSA) is 51.2 Å². The van der Waals surface area contributed by atoms with Gasteiger partial charge in [0.25, 0.3) is 0 Å². The van der Waals surface area contributed by atoms with Crippen LogP contribution in [0.1, 0.15) is 38.6 Å². The third kappa shape index (κ3) is 7.10. The SMILES string of the molecule is CC(C)(C)OC(=O)NCCC=Cc1cccc(C(F)(F)F)n1. The Morgan fingerprint density at radius 3 is 2.59 bits per heavy atom. The van der Waals surface area contributed by atoms with E-state index in [0.717, 1.165) is 6.07 Å². The van der Waals surface area contributed by atoms with Crippen LogP contribution in [0.2, 0.25) is 0 Å². The third-order valence-corrected chi connectivity index (χ3v) is 2.33. The van der Waals surface area contributed by atoms with Crippen molar-refractivity contribution in [1.29, 1.82) is 0 Å². The number of nitrogens with zero attached hydrogens (tertiary/aromatic N) is 1. The van der Waals surface area contributed by atoms with E-state index in [1.807, 2.05) is 0 Å². The van der Waals surface area contributed by atoms with E-state index in [0.29, 0.717) is 13.0 Å². The van der Waals surface area contributed by atoms with Crippen LogP contribution in [-0.4, -0.2) is 23.2 Å². The normalized spacial score (nSPS) is 12.5. The molecule has 1 N–H and O–H groups in total. The molecule has 0 unspecified atom stereocenters.